The van der Waals surface area contributed by atoms with Crippen LogP contribution < -0.4 is 9.62 Å². The summed E-state index contributed by atoms with van der Waals surface area (Å²) in [6, 6.07) is 3.55. The highest BCUT2D eigenvalue weighted by Crippen LogP contribution is 2.36. The summed E-state index contributed by atoms with van der Waals surface area (Å²) < 4.78 is 52.0. The number of nitrogens with zero attached hydrogens (tertiary/aromatic N) is 3. The van der Waals surface area contributed by atoms with E-state index in [4.69, 9.17) is 16.3 Å². The Morgan fingerprint density at radius 2 is 2.21 bits per heavy atom. The average Bonchev–Trinajstić information content (AvgIpc) is 3.26. The molecule has 1 fully saturated rings. The Morgan fingerprint density at radius 1 is 1.46 bits per heavy atom. The number of hydrogen-bond acceptors (Lipinski definition) is 7. The van der Waals surface area contributed by atoms with E-state index in [1.54, 1.807) is 7.11 Å². The number of benzene rings is 1. The number of anilines is 2. The topological polar surface area (TPSA) is 87.9 Å². The lowest BCUT2D eigenvalue weighted by molar-refractivity contribution is -0.0100. The zero-order chi connectivity index (χ0) is 20.5. The van der Waals surface area contributed by atoms with Gasteiger partial charge < -0.3 is 19.1 Å². The zero-order valence-electron chi connectivity index (χ0n) is 15.8. The van der Waals surface area contributed by atoms with E-state index < -0.39 is 26.3 Å². The predicted octanol–water partition coefficient (Wildman–Crippen LogP) is 2.42. The maximum absolute atomic E-state index is 14.7. The summed E-state index contributed by atoms with van der Waals surface area (Å²) in [4.78, 5) is 3.37. The van der Waals surface area contributed by atoms with Gasteiger partial charge in [0.2, 0.25) is 0 Å². The number of likely N-dealkylation sites (N-methyl/N-ethyl adjacent to an activating group) is 1. The lowest BCUT2D eigenvalue weighted by atomic mass is 10.0. The van der Waals surface area contributed by atoms with Crippen molar-refractivity contribution in [2.75, 3.05) is 50.5 Å². The summed E-state index contributed by atoms with van der Waals surface area (Å²) in [5, 5.41) is 3.60. The molecule has 0 bridgehead atoms. The summed E-state index contributed by atoms with van der Waals surface area (Å²) >= 11 is 6.33. The van der Waals surface area contributed by atoms with Crippen LogP contribution in [0.15, 0.2) is 33.9 Å². The normalized spacial score (nSPS) is 20.1. The zero-order valence-corrected chi connectivity index (χ0v) is 17.3. The number of halogens is 2. The molecule has 1 aromatic heterocycles. The van der Waals surface area contributed by atoms with Crippen molar-refractivity contribution in [2.24, 2.45) is 0 Å². The molecule has 0 spiro atoms. The van der Waals surface area contributed by atoms with Crippen LogP contribution >= 0.6 is 11.6 Å². The van der Waals surface area contributed by atoms with Crippen LogP contribution in [-0.2, 0) is 14.8 Å². The van der Waals surface area contributed by atoms with E-state index >= 15 is 0 Å². The van der Waals surface area contributed by atoms with Gasteiger partial charge in [0.25, 0.3) is 10.0 Å². The maximum atomic E-state index is 14.7. The van der Waals surface area contributed by atoms with Gasteiger partial charge in [0, 0.05) is 38.9 Å². The first kappa shape index (κ1) is 20.8. The second kappa shape index (κ2) is 7.86. The highest BCUT2D eigenvalue weighted by molar-refractivity contribution is 7.92. The number of aromatic nitrogens is 1. The number of sulfonamides is 1. The van der Waals surface area contributed by atoms with Gasteiger partial charge >= 0.3 is 0 Å². The lowest BCUT2D eigenvalue weighted by Gasteiger charge is -2.31. The number of ether oxygens (including phenoxy) is 1. The molecule has 1 aliphatic rings. The molecule has 0 saturated carbocycles. The molecule has 0 aliphatic carbocycles. The molecule has 2 aromatic rings. The third-order valence-electron chi connectivity index (χ3n) is 4.66. The SMILES string of the molecule is CO[C@]1(CN(C)C)CCN(c2cc(F)c(S(=O)(=O)Nc3ccon3)cc2Cl)C1. The minimum atomic E-state index is -4.20. The van der Waals surface area contributed by atoms with Crippen LogP contribution in [0.2, 0.25) is 5.02 Å². The Balaban J connectivity index is 1.87. The van der Waals surface area contributed by atoms with Gasteiger partial charge in [-0.15, -0.1) is 0 Å². The highest BCUT2D eigenvalue weighted by atomic mass is 35.5. The van der Waals surface area contributed by atoms with Crippen LogP contribution in [0.3, 0.4) is 0 Å². The molecule has 8 nitrogen and oxygen atoms in total. The Kier molecular flexibility index (Phi) is 5.85. The highest BCUT2D eigenvalue weighted by Gasteiger charge is 2.39. The molecule has 154 valence electrons. The molecule has 11 heteroatoms. The second-order valence-corrected chi connectivity index (χ2v) is 9.08. The third-order valence-corrected chi connectivity index (χ3v) is 6.33. The predicted molar refractivity (Wildman–Crippen MR) is 104 cm³/mol. The first-order chi connectivity index (χ1) is 13.2. The molecular weight excluding hydrogens is 411 g/mol. The van der Waals surface area contributed by atoms with Crippen molar-refractivity contribution in [1.29, 1.82) is 0 Å². The van der Waals surface area contributed by atoms with E-state index in [9.17, 15) is 12.8 Å². The molecule has 1 aliphatic heterocycles. The van der Waals surface area contributed by atoms with Crippen LogP contribution in [0.25, 0.3) is 0 Å². The van der Waals surface area contributed by atoms with E-state index in [0.717, 1.165) is 18.6 Å². The molecule has 0 radical (unpaired) electrons. The molecule has 2 heterocycles. The van der Waals surface area contributed by atoms with Gasteiger partial charge in [-0.3, -0.25) is 4.72 Å². The van der Waals surface area contributed by atoms with E-state index in [2.05, 4.69) is 14.4 Å². The summed E-state index contributed by atoms with van der Waals surface area (Å²) in [6.07, 6.45) is 1.95. The van der Waals surface area contributed by atoms with Gasteiger partial charge in [-0.1, -0.05) is 16.8 Å². The Bertz CT molecular complexity index is 939. The van der Waals surface area contributed by atoms with Crippen molar-refractivity contribution in [3.63, 3.8) is 0 Å². The first-order valence-corrected chi connectivity index (χ1v) is 10.4. The van der Waals surface area contributed by atoms with Gasteiger partial charge in [0.05, 0.1) is 16.3 Å². The Labute approximate surface area is 168 Å². The van der Waals surface area contributed by atoms with Gasteiger partial charge in [-0.05, 0) is 26.6 Å². The summed E-state index contributed by atoms with van der Waals surface area (Å²) in [5.41, 5.74) is 0.0278. The van der Waals surface area contributed by atoms with Crippen molar-refractivity contribution < 1.29 is 22.1 Å². The fraction of sp³-hybridized carbons (Fsp3) is 0.471. The van der Waals surface area contributed by atoms with Gasteiger partial charge in [0.1, 0.15) is 17.0 Å². The molecule has 0 amide bonds. The molecule has 1 atom stereocenters. The van der Waals surface area contributed by atoms with Crippen LogP contribution in [0, 0.1) is 5.82 Å². The Morgan fingerprint density at radius 3 is 2.82 bits per heavy atom. The molecular formula is C17H22ClFN4O4S. The smallest absolute Gasteiger partial charge is 0.266 e. The molecule has 3 rings (SSSR count). The molecule has 1 aromatic carbocycles. The summed E-state index contributed by atoms with van der Waals surface area (Å²) in [6.45, 7) is 1.84. The lowest BCUT2D eigenvalue weighted by Crippen LogP contribution is -2.44. The number of methoxy groups -OCH3 is 1. The van der Waals surface area contributed by atoms with E-state index in [1.807, 2.05) is 23.9 Å². The maximum Gasteiger partial charge on any atom is 0.266 e. The molecule has 28 heavy (non-hydrogen) atoms. The van der Waals surface area contributed by atoms with E-state index in [-0.39, 0.29) is 10.8 Å². The summed E-state index contributed by atoms with van der Waals surface area (Å²) in [7, 11) is 1.36. The monoisotopic (exact) mass is 432 g/mol. The van der Waals surface area contributed by atoms with Crippen molar-refractivity contribution in [1.82, 2.24) is 10.1 Å². The first-order valence-electron chi connectivity index (χ1n) is 8.53. The quantitative estimate of drug-likeness (QED) is 0.718. The third kappa shape index (κ3) is 4.24. The number of nitrogens with one attached hydrogen (secondary N) is 1. The fourth-order valence-corrected chi connectivity index (χ4v) is 4.84. The van der Waals surface area contributed by atoms with Crippen molar-refractivity contribution in [3.8, 4) is 0 Å². The molecule has 0 unspecified atom stereocenters. The van der Waals surface area contributed by atoms with Crippen molar-refractivity contribution >= 4 is 33.1 Å². The average molecular weight is 433 g/mol. The van der Waals surface area contributed by atoms with Crippen molar-refractivity contribution in [3.05, 3.63) is 35.3 Å². The van der Waals surface area contributed by atoms with Gasteiger partial charge in [-0.2, -0.15) is 0 Å². The number of rotatable bonds is 7. The summed E-state index contributed by atoms with van der Waals surface area (Å²) in [5.74, 6) is -0.953. The second-order valence-electron chi connectivity index (χ2n) is 7.02. The van der Waals surface area contributed by atoms with E-state index in [1.165, 1.54) is 12.3 Å². The van der Waals surface area contributed by atoms with Crippen LogP contribution in [0.5, 0.6) is 0 Å². The van der Waals surface area contributed by atoms with Gasteiger partial charge in [0.15, 0.2) is 5.82 Å². The molecule has 1 saturated heterocycles. The Hall–Kier alpha value is -1.88. The number of hydrogen-bond donors (Lipinski definition) is 1. The largest absolute Gasteiger partial charge is 0.375 e. The standard InChI is InChI=1S/C17H22ClFN4O4S/c1-22(2)10-17(26-3)5-6-23(11-17)14-9-13(19)15(8-12(14)18)28(24,25)21-16-4-7-27-20-16/h4,7-9H,5-6,10-11H2,1-3H3,(H,20,21)/t17-/m0/s1. The van der Waals surface area contributed by atoms with Crippen LogP contribution in [0.4, 0.5) is 15.9 Å². The van der Waals surface area contributed by atoms with Crippen LogP contribution in [-0.4, -0.2) is 64.9 Å². The van der Waals surface area contributed by atoms with Crippen molar-refractivity contribution in [2.45, 2.75) is 16.9 Å². The molecule has 1 N–H and O–H groups in total. The fourth-order valence-electron chi connectivity index (χ4n) is 3.41. The van der Waals surface area contributed by atoms with E-state index in [0.29, 0.717) is 25.3 Å². The van der Waals surface area contributed by atoms with Crippen LogP contribution in [0.1, 0.15) is 6.42 Å². The minimum absolute atomic E-state index is 0.0484. The minimum Gasteiger partial charge on any atom is -0.375 e. The van der Waals surface area contributed by atoms with Gasteiger partial charge in [-0.25, -0.2) is 12.8 Å².